The van der Waals surface area contributed by atoms with E-state index in [1.807, 2.05) is 0 Å². The topological polar surface area (TPSA) is 0 Å². The van der Waals surface area contributed by atoms with E-state index < -0.39 is 0 Å². The third-order valence-corrected chi connectivity index (χ3v) is 5.47. The van der Waals surface area contributed by atoms with Crippen molar-refractivity contribution in [1.82, 2.24) is 0 Å². The van der Waals surface area contributed by atoms with Gasteiger partial charge in [-0.25, -0.2) is 0 Å². The molecule has 0 aromatic rings. The number of hydrogen-bond donors (Lipinski definition) is 0. The fourth-order valence-electron chi connectivity index (χ4n) is 4.77. The van der Waals surface area contributed by atoms with Gasteiger partial charge in [0.15, 0.2) is 0 Å². The lowest BCUT2D eigenvalue weighted by atomic mass is 9.65. The molecule has 90 valence electrons. The zero-order valence-corrected chi connectivity index (χ0v) is 10.8. The molecule has 3 atom stereocenters. The van der Waals surface area contributed by atoms with Crippen LogP contribution in [0.5, 0.6) is 0 Å². The number of rotatable bonds is 1. The summed E-state index contributed by atoms with van der Waals surface area (Å²) in [5.74, 6) is 4.18. The van der Waals surface area contributed by atoms with Crippen LogP contribution in [0.3, 0.4) is 0 Å². The Kier molecular flexibility index (Phi) is 3.09. The molecule has 0 aliphatic heterocycles. The maximum absolute atomic E-state index is 2.66. The average Bonchev–Trinajstić information content (AvgIpc) is 2.70. The van der Waals surface area contributed by atoms with E-state index in [2.05, 4.69) is 13.0 Å². The van der Waals surface area contributed by atoms with Crippen LogP contribution in [0.25, 0.3) is 0 Å². The third kappa shape index (κ3) is 1.96. The van der Waals surface area contributed by atoms with Gasteiger partial charge in [-0.2, -0.15) is 0 Å². The Balaban J connectivity index is 1.72. The molecular formula is C16H26. The van der Waals surface area contributed by atoms with E-state index in [4.69, 9.17) is 0 Å². The summed E-state index contributed by atoms with van der Waals surface area (Å²) in [6, 6.07) is 0. The average molecular weight is 218 g/mol. The molecule has 0 aromatic carbocycles. The first-order chi connectivity index (χ1) is 7.84. The zero-order chi connectivity index (χ0) is 11.0. The highest BCUT2D eigenvalue weighted by molar-refractivity contribution is 5.14. The van der Waals surface area contributed by atoms with Crippen molar-refractivity contribution in [2.24, 2.45) is 23.7 Å². The molecule has 3 unspecified atom stereocenters. The van der Waals surface area contributed by atoms with Crippen LogP contribution < -0.4 is 0 Å². The van der Waals surface area contributed by atoms with Crippen LogP contribution in [-0.4, -0.2) is 0 Å². The van der Waals surface area contributed by atoms with E-state index in [1.54, 1.807) is 18.4 Å². The molecule has 0 N–H and O–H groups in total. The highest BCUT2D eigenvalue weighted by atomic mass is 14.4. The highest BCUT2D eigenvalue weighted by Crippen LogP contribution is 2.49. The minimum atomic E-state index is 0.983. The van der Waals surface area contributed by atoms with E-state index in [9.17, 15) is 0 Å². The van der Waals surface area contributed by atoms with Gasteiger partial charge in [0.2, 0.25) is 0 Å². The second-order valence-corrected chi connectivity index (χ2v) is 6.55. The summed E-state index contributed by atoms with van der Waals surface area (Å²) in [5.41, 5.74) is 1.69. The molecule has 3 aliphatic rings. The molecule has 2 fully saturated rings. The van der Waals surface area contributed by atoms with Crippen molar-refractivity contribution >= 4 is 0 Å². The van der Waals surface area contributed by atoms with Crippen molar-refractivity contribution in [2.75, 3.05) is 0 Å². The number of fused-ring (bicyclic) bond motifs is 1. The maximum atomic E-state index is 2.66. The van der Waals surface area contributed by atoms with Crippen LogP contribution in [0.15, 0.2) is 11.6 Å². The molecule has 2 saturated carbocycles. The van der Waals surface area contributed by atoms with Crippen LogP contribution >= 0.6 is 0 Å². The largest absolute Gasteiger partial charge is 0.0819 e. The van der Waals surface area contributed by atoms with Gasteiger partial charge in [-0.05, 0) is 49.9 Å². The molecular weight excluding hydrogens is 192 g/mol. The van der Waals surface area contributed by atoms with Crippen molar-refractivity contribution in [2.45, 2.75) is 64.7 Å². The Morgan fingerprint density at radius 2 is 1.62 bits per heavy atom. The van der Waals surface area contributed by atoms with Gasteiger partial charge in [-0.1, -0.05) is 50.2 Å². The van der Waals surface area contributed by atoms with Crippen molar-refractivity contribution in [1.29, 1.82) is 0 Å². The molecule has 0 heterocycles. The normalized spacial score (nSPS) is 40.6. The minimum absolute atomic E-state index is 0.983. The van der Waals surface area contributed by atoms with Crippen LogP contribution in [-0.2, 0) is 0 Å². The summed E-state index contributed by atoms with van der Waals surface area (Å²) in [4.78, 5) is 0. The second-order valence-electron chi connectivity index (χ2n) is 6.55. The van der Waals surface area contributed by atoms with E-state index in [0.29, 0.717) is 0 Å². The summed E-state index contributed by atoms with van der Waals surface area (Å²) in [6.45, 7) is 2.36. The fourth-order valence-corrected chi connectivity index (χ4v) is 4.77. The summed E-state index contributed by atoms with van der Waals surface area (Å²) < 4.78 is 0. The third-order valence-electron chi connectivity index (χ3n) is 5.47. The van der Waals surface area contributed by atoms with Crippen LogP contribution in [0.4, 0.5) is 0 Å². The Bertz CT molecular complexity index is 270. The smallest absolute Gasteiger partial charge is 0.0169 e. The molecule has 0 amide bonds. The molecule has 16 heavy (non-hydrogen) atoms. The molecule has 3 aliphatic carbocycles. The second kappa shape index (κ2) is 4.55. The quantitative estimate of drug-likeness (QED) is 0.546. The molecule has 0 bridgehead atoms. The lowest BCUT2D eigenvalue weighted by Crippen LogP contribution is -2.31. The van der Waals surface area contributed by atoms with E-state index in [1.165, 1.54) is 44.9 Å². The van der Waals surface area contributed by atoms with Gasteiger partial charge in [0, 0.05) is 0 Å². The Morgan fingerprint density at radius 1 is 0.875 bits per heavy atom. The molecule has 3 rings (SSSR count). The standard InChI is InChI=1S/C16H26/c1-12-10-14-8-5-9-15(16(14)11-12)13-6-3-2-4-7-13/h11,13-16H,2-10H2,1H3. The van der Waals surface area contributed by atoms with Gasteiger partial charge in [-0.3, -0.25) is 0 Å². The number of hydrogen-bond acceptors (Lipinski definition) is 0. The van der Waals surface area contributed by atoms with E-state index in [-0.39, 0.29) is 0 Å². The zero-order valence-electron chi connectivity index (χ0n) is 10.8. The van der Waals surface area contributed by atoms with Crippen LogP contribution in [0.1, 0.15) is 64.7 Å². The van der Waals surface area contributed by atoms with Gasteiger partial charge in [0.25, 0.3) is 0 Å². The molecule has 0 radical (unpaired) electrons. The summed E-state index contributed by atoms with van der Waals surface area (Å²) >= 11 is 0. The molecule has 0 heteroatoms. The monoisotopic (exact) mass is 218 g/mol. The van der Waals surface area contributed by atoms with Crippen LogP contribution in [0.2, 0.25) is 0 Å². The Morgan fingerprint density at radius 3 is 2.44 bits per heavy atom. The molecule has 0 spiro atoms. The number of allylic oxidation sites excluding steroid dienone is 2. The van der Waals surface area contributed by atoms with Crippen molar-refractivity contribution in [3.05, 3.63) is 11.6 Å². The Labute approximate surface area is 101 Å². The highest BCUT2D eigenvalue weighted by Gasteiger charge is 2.39. The lowest BCUT2D eigenvalue weighted by Gasteiger charge is -2.40. The summed E-state index contributed by atoms with van der Waals surface area (Å²) in [7, 11) is 0. The van der Waals surface area contributed by atoms with E-state index in [0.717, 1.165) is 23.7 Å². The minimum Gasteiger partial charge on any atom is -0.0819 e. The van der Waals surface area contributed by atoms with Gasteiger partial charge in [-0.15, -0.1) is 0 Å². The summed E-state index contributed by atoms with van der Waals surface area (Å²) in [5, 5.41) is 0. The van der Waals surface area contributed by atoms with E-state index >= 15 is 0 Å². The van der Waals surface area contributed by atoms with Crippen molar-refractivity contribution < 1.29 is 0 Å². The molecule has 0 nitrogen and oxygen atoms in total. The first-order valence-electron chi connectivity index (χ1n) is 7.52. The SMILES string of the molecule is CC1=CC2C(CCCC2C2CCCCC2)C1. The van der Waals surface area contributed by atoms with Gasteiger partial charge < -0.3 is 0 Å². The van der Waals surface area contributed by atoms with Crippen molar-refractivity contribution in [3.8, 4) is 0 Å². The Hall–Kier alpha value is -0.260. The van der Waals surface area contributed by atoms with Crippen LogP contribution in [0, 0.1) is 23.7 Å². The summed E-state index contributed by atoms with van der Waals surface area (Å²) in [6.07, 6.45) is 16.3. The van der Waals surface area contributed by atoms with Gasteiger partial charge >= 0.3 is 0 Å². The molecule has 0 saturated heterocycles. The predicted octanol–water partition coefficient (Wildman–Crippen LogP) is 4.95. The first-order valence-corrected chi connectivity index (χ1v) is 7.52. The maximum Gasteiger partial charge on any atom is -0.0169 e. The van der Waals surface area contributed by atoms with Gasteiger partial charge in [0.05, 0.1) is 0 Å². The van der Waals surface area contributed by atoms with Crippen molar-refractivity contribution in [3.63, 3.8) is 0 Å². The fraction of sp³-hybridized carbons (Fsp3) is 0.875. The van der Waals surface area contributed by atoms with Gasteiger partial charge in [0.1, 0.15) is 0 Å². The molecule has 0 aromatic heterocycles. The first kappa shape index (κ1) is 10.9. The lowest BCUT2D eigenvalue weighted by molar-refractivity contribution is 0.118. The predicted molar refractivity (Wildman–Crippen MR) is 69.3 cm³/mol.